The SMILES string of the molecule is CC(C)OCCN(C)S(=O)(=O)c1csc(CN)c1. The van der Waals surface area contributed by atoms with Crippen LogP contribution in [0.4, 0.5) is 0 Å². The normalized spacial score (nSPS) is 12.6. The van der Waals surface area contributed by atoms with E-state index >= 15 is 0 Å². The first-order valence-corrected chi connectivity index (χ1v) is 8.05. The lowest BCUT2D eigenvalue weighted by Gasteiger charge is -2.17. The van der Waals surface area contributed by atoms with E-state index in [4.69, 9.17) is 10.5 Å². The minimum atomic E-state index is -3.42. The number of ether oxygens (including phenoxy) is 1. The van der Waals surface area contributed by atoms with Crippen molar-refractivity contribution in [1.82, 2.24) is 4.31 Å². The van der Waals surface area contributed by atoms with E-state index < -0.39 is 10.0 Å². The average molecular weight is 292 g/mol. The molecule has 0 fully saturated rings. The number of hydrogen-bond donors (Lipinski definition) is 1. The fourth-order valence-corrected chi connectivity index (χ4v) is 3.62. The highest BCUT2D eigenvalue weighted by Crippen LogP contribution is 2.21. The summed E-state index contributed by atoms with van der Waals surface area (Å²) in [6.45, 7) is 4.93. The fourth-order valence-electron chi connectivity index (χ4n) is 1.32. The predicted octanol–water partition coefficient (Wildman–Crippen LogP) is 1.25. The molecule has 0 saturated carbocycles. The number of nitrogens with two attached hydrogens (primary N) is 1. The van der Waals surface area contributed by atoms with Gasteiger partial charge in [0.1, 0.15) is 0 Å². The van der Waals surface area contributed by atoms with Crippen LogP contribution in [0.3, 0.4) is 0 Å². The van der Waals surface area contributed by atoms with E-state index in [1.54, 1.807) is 18.5 Å². The van der Waals surface area contributed by atoms with E-state index in [-0.39, 0.29) is 6.10 Å². The Hall–Kier alpha value is -0.470. The van der Waals surface area contributed by atoms with Gasteiger partial charge in [-0.1, -0.05) is 0 Å². The highest BCUT2D eigenvalue weighted by atomic mass is 32.2. The molecule has 0 saturated heterocycles. The highest BCUT2D eigenvalue weighted by molar-refractivity contribution is 7.89. The van der Waals surface area contributed by atoms with Crippen molar-refractivity contribution in [1.29, 1.82) is 0 Å². The number of nitrogens with zero attached hydrogens (tertiary/aromatic N) is 1. The summed E-state index contributed by atoms with van der Waals surface area (Å²) in [5, 5.41) is 1.62. The van der Waals surface area contributed by atoms with Gasteiger partial charge in [-0.3, -0.25) is 0 Å². The minimum Gasteiger partial charge on any atom is -0.377 e. The zero-order valence-corrected chi connectivity index (χ0v) is 12.6. The van der Waals surface area contributed by atoms with E-state index in [0.717, 1.165) is 4.88 Å². The van der Waals surface area contributed by atoms with Crippen molar-refractivity contribution < 1.29 is 13.2 Å². The molecule has 104 valence electrons. The van der Waals surface area contributed by atoms with Gasteiger partial charge in [0, 0.05) is 30.4 Å². The first-order valence-electron chi connectivity index (χ1n) is 5.73. The second kappa shape index (κ2) is 6.63. The third-order valence-electron chi connectivity index (χ3n) is 2.40. The van der Waals surface area contributed by atoms with Crippen LogP contribution >= 0.6 is 11.3 Å². The lowest BCUT2D eigenvalue weighted by Crippen LogP contribution is -2.30. The maximum Gasteiger partial charge on any atom is 0.243 e. The second-order valence-corrected chi connectivity index (χ2v) is 7.24. The van der Waals surface area contributed by atoms with Crippen LogP contribution in [0.15, 0.2) is 16.3 Å². The summed E-state index contributed by atoms with van der Waals surface area (Å²) in [5.74, 6) is 0. The Morgan fingerprint density at radius 2 is 2.17 bits per heavy atom. The zero-order chi connectivity index (χ0) is 13.8. The molecule has 1 heterocycles. The molecule has 7 heteroatoms. The van der Waals surface area contributed by atoms with Crippen LogP contribution < -0.4 is 5.73 Å². The number of likely N-dealkylation sites (N-methyl/N-ethyl adjacent to an activating group) is 1. The first-order chi connectivity index (χ1) is 8.37. The summed E-state index contributed by atoms with van der Waals surface area (Å²) in [5.41, 5.74) is 5.48. The van der Waals surface area contributed by atoms with Crippen molar-refractivity contribution in [2.75, 3.05) is 20.2 Å². The van der Waals surface area contributed by atoms with Crippen molar-refractivity contribution >= 4 is 21.4 Å². The largest absolute Gasteiger partial charge is 0.377 e. The molecule has 1 rings (SSSR count). The molecule has 0 spiro atoms. The van der Waals surface area contributed by atoms with Crippen LogP contribution in [-0.2, 0) is 21.3 Å². The van der Waals surface area contributed by atoms with Crippen LogP contribution in [-0.4, -0.2) is 39.0 Å². The molecule has 0 aliphatic heterocycles. The Morgan fingerprint density at radius 3 is 2.67 bits per heavy atom. The summed E-state index contributed by atoms with van der Waals surface area (Å²) in [7, 11) is -1.86. The fraction of sp³-hybridized carbons (Fsp3) is 0.636. The summed E-state index contributed by atoms with van der Waals surface area (Å²) >= 11 is 1.36. The second-order valence-electron chi connectivity index (χ2n) is 4.20. The van der Waals surface area contributed by atoms with Crippen LogP contribution in [0.2, 0.25) is 0 Å². The van der Waals surface area contributed by atoms with Crippen LogP contribution in [0.5, 0.6) is 0 Å². The monoisotopic (exact) mass is 292 g/mol. The predicted molar refractivity (Wildman–Crippen MR) is 73.1 cm³/mol. The van der Waals surface area contributed by atoms with Crippen LogP contribution in [0.1, 0.15) is 18.7 Å². The Balaban J connectivity index is 2.67. The van der Waals surface area contributed by atoms with Gasteiger partial charge in [0.15, 0.2) is 0 Å². The Labute approximate surface area is 113 Å². The Morgan fingerprint density at radius 1 is 1.50 bits per heavy atom. The summed E-state index contributed by atoms with van der Waals surface area (Å²) in [4.78, 5) is 1.17. The van der Waals surface area contributed by atoms with Gasteiger partial charge in [0.2, 0.25) is 10.0 Å². The summed E-state index contributed by atoms with van der Waals surface area (Å²) < 4.78 is 31.0. The molecule has 0 aromatic carbocycles. The molecule has 0 unspecified atom stereocenters. The molecule has 0 atom stereocenters. The molecule has 2 N–H and O–H groups in total. The molecular weight excluding hydrogens is 272 g/mol. The maximum atomic E-state index is 12.2. The molecule has 0 aliphatic carbocycles. The van der Waals surface area contributed by atoms with E-state index in [1.807, 2.05) is 13.8 Å². The molecule has 1 aromatic heterocycles. The molecule has 1 aromatic rings. The van der Waals surface area contributed by atoms with Gasteiger partial charge in [-0.25, -0.2) is 8.42 Å². The van der Waals surface area contributed by atoms with Gasteiger partial charge in [-0.15, -0.1) is 11.3 Å². The van der Waals surface area contributed by atoms with Crippen LogP contribution in [0.25, 0.3) is 0 Å². The van der Waals surface area contributed by atoms with Gasteiger partial charge in [0.25, 0.3) is 0 Å². The average Bonchev–Trinajstić information content (AvgIpc) is 2.77. The van der Waals surface area contributed by atoms with Gasteiger partial charge < -0.3 is 10.5 Å². The molecule has 0 aliphatic rings. The summed E-state index contributed by atoms with van der Waals surface area (Å²) in [6, 6.07) is 1.62. The molecule has 0 radical (unpaired) electrons. The summed E-state index contributed by atoms with van der Waals surface area (Å²) in [6.07, 6.45) is 0.103. The van der Waals surface area contributed by atoms with Gasteiger partial charge in [-0.05, 0) is 19.9 Å². The van der Waals surface area contributed by atoms with E-state index in [9.17, 15) is 8.42 Å². The Kier molecular flexibility index (Phi) is 5.74. The number of rotatable bonds is 7. The number of sulfonamides is 1. The molecule has 0 amide bonds. The molecule has 0 bridgehead atoms. The van der Waals surface area contributed by atoms with Gasteiger partial charge >= 0.3 is 0 Å². The Bertz CT molecular complexity index is 468. The van der Waals surface area contributed by atoms with Crippen molar-refractivity contribution in [3.8, 4) is 0 Å². The number of thiophene rings is 1. The van der Waals surface area contributed by atoms with E-state index in [0.29, 0.717) is 24.6 Å². The lowest BCUT2D eigenvalue weighted by atomic mass is 10.5. The van der Waals surface area contributed by atoms with Gasteiger partial charge in [-0.2, -0.15) is 4.31 Å². The third kappa shape index (κ3) is 4.03. The van der Waals surface area contributed by atoms with E-state index in [2.05, 4.69) is 0 Å². The molecule has 5 nitrogen and oxygen atoms in total. The topological polar surface area (TPSA) is 72.6 Å². The molecule has 18 heavy (non-hydrogen) atoms. The van der Waals surface area contributed by atoms with Gasteiger partial charge in [0.05, 0.1) is 17.6 Å². The standard InChI is InChI=1S/C11H20N2O3S2/c1-9(2)16-5-4-13(3)18(14,15)11-6-10(7-12)17-8-11/h6,8-9H,4-5,7,12H2,1-3H3. The van der Waals surface area contributed by atoms with Crippen molar-refractivity contribution in [2.45, 2.75) is 31.4 Å². The quantitative estimate of drug-likeness (QED) is 0.821. The van der Waals surface area contributed by atoms with Crippen molar-refractivity contribution in [3.05, 3.63) is 16.3 Å². The minimum absolute atomic E-state index is 0.103. The maximum absolute atomic E-state index is 12.2. The van der Waals surface area contributed by atoms with Crippen molar-refractivity contribution in [3.63, 3.8) is 0 Å². The smallest absolute Gasteiger partial charge is 0.243 e. The van der Waals surface area contributed by atoms with Crippen LogP contribution in [0, 0.1) is 0 Å². The van der Waals surface area contributed by atoms with Crippen molar-refractivity contribution in [2.24, 2.45) is 5.73 Å². The van der Waals surface area contributed by atoms with E-state index in [1.165, 1.54) is 15.6 Å². The molecular formula is C11H20N2O3S2. The third-order valence-corrected chi connectivity index (χ3v) is 5.34. The number of hydrogen-bond acceptors (Lipinski definition) is 5. The lowest BCUT2D eigenvalue weighted by molar-refractivity contribution is 0.0737. The first kappa shape index (κ1) is 15.6. The zero-order valence-electron chi connectivity index (χ0n) is 10.9. The highest BCUT2D eigenvalue weighted by Gasteiger charge is 2.21.